The largest absolute Gasteiger partial charge is 0.382 e. The van der Waals surface area contributed by atoms with Crippen LogP contribution in [0.5, 0.6) is 0 Å². The van der Waals surface area contributed by atoms with Gasteiger partial charge >= 0.3 is 0 Å². The Balaban J connectivity index is 2.04. The summed E-state index contributed by atoms with van der Waals surface area (Å²) in [7, 11) is 0. The number of carbonyl (C=O) groups is 1. The number of benzene rings is 1. The maximum atomic E-state index is 14.5. The molecule has 3 N–H and O–H groups in total. The van der Waals surface area contributed by atoms with Crippen molar-refractivity contribution in [1.82, 2.24) is 5.01 Å². The number of anilines is 1. The number of rotatable bonds is 6. The lowest BCUT2D eigenvalue weighted by Crippen LogP contribution is -2.51. The van der Waals surface area contributed by atoms with E-state index in [1.165, 1.54) is 35.8 Å². The SMILES string of the molecule is C=CCC(F)=C=CCC1=NN(C(C)=O)C2(S1)c1cccc(F)c1NCC2CCN. The Morgan fingerprint density at radius 3 is 3.07 bits per heavy atom. The van der Waals surface area contributed by atoms with Crippen molar-refractivity contribution in [1.29, 1.82) is 0 Å². The third-order valence-electron chi connectivity index (χ3n) is 4.95. The molecule has 154 valence electrons. The average Bonchev–Trinajstić information content (AvgIpc) is 3.05. The number of nitrogens with one attached hydrogen (secondary N) is 1. The van der Waals surface area contributed by atoms with Gasteiger partial charge in [0.1, 0.15) is 21.6 Å². The molecule has 1 aromatic carbocycles. The second-order valence-corrected chi connectivity index (χ2v) is 8.19. The van der Waals surface area contributed by atoms with Crippen LogP contribution in [0.3, 0.4) is 0 Å². The summed E-state index contributed by atoms with van der Waals surface area (Å²) in [6, 6.07) is 4.83. The fraction of sp³-hybridized carbons (Fsp3) is 0.381. The van der Waals surface area contributed by atoms with Crippen LogP contribution < -0.4 is 11.1 Å². The van der Waals surface area contributed by atoms with Crippen molar-refractivity contribution in [3.05, 3.63) is 59.9 Å². The van der Waals surface area contributed by atoms with Gasteiger partial charge in [0, 0.05) is 37.8 Å². The minimum Gasteiger partial charge on any atom is -0.382 e. The van der Waals surface area contributed by atoms with Crippen LogP contribution in [0.4, 0.5) is 14.5 Å². The molecule has 8 heteroatoms. The van der Waals surface area contributed by atoms with Gasteiger partial charge in [-0.3, -0.25) is 4.79 Å². The van der Waals surface area contributed by atoms with E-state index < -0.39 is 10.7 Å². The van der Waals surface area contributed by atoms with E-state index in [1.807, 2.05) is 6.07 Å². The summed E-state index contributed by atoms with van der Waals surface area (Å²) in [6.07, 6.45) is 4.06. The molecule has 2 heterocycles. The molecular formula is C21H24F2N4OS. The summed E-state index contributed by atoms with van der Waals surface area (Å²) in [5, 5.41) is 9.74. The van der Waals surface area contributed by atoms with E-state index in [-0.39, 0.29) is 24.1 Å². The van der Waals surface area contributed by atoms with E-state index in [0.29, 0.717) is 42.2 Å². The van der Waals surface area contributed by atoms with Crippen LogP contribution in [0.25, 0.3) is 0 Å². The molecule has 1 spiro atoms. The van der Waals surface area contributed by atoms with Crippen molar-refractivity contribution in [2.24, 2.45) is 16.8 Å². The normalized spacial score (nSPS) is 22.4. The van der Waals surface area contributed by atoms with Crippen LogP contribution in [0.15, 0.2) is 53.6 Å². The highest BCUT2D eigenvalue weighted by Crippen LogP contribution is 2.56. The molecule has 0 aromatic heterocycles. The van der Waals surface area contributed by atoms with Gasteiger partial charge in [0.05, 0.1) is 5.69 Å². The molecule has 1 aromatic rings. The number of halogens is 2. The van der Waals surface area contributed by atoms with Crippen LogP contribution >= 0.6 is 11.8 Å². The summed E-state index contributed by atoms with van der Waals surface area (Å²) in [6.45, 7) is 5.83. The maximum absolute atomic E-state index is 14.5. The monoisotopic (exact) mass is 418 g/mol. The molecule has 2 atom stereocenters. The van der Waals surface area contributed by atoms with Crippen LogP contribution in [0.2, 0.25) is 0 Å². The van der Waals surface area contributed by atoms with Crippen molar-refractivity contribution in [2.45, 2.75) is 31.1 Å². The van der Waals surface area contributed by atoms with Crippen LogP contribution in [0, 0.1) is 11.7 Å². The minimum absolute atomic E-state index is 0.0750. The highest BCUT2D eigenvalue weighted by molar-refractivity contribution is 8.15. The topological polar surface area (TPSA) is 70.7 Å². The fourth-order valence-electron chi connectivity index (χ4n) is 3.76. The molecule has 0 saturated heterocycles. The third kappa shape index (κ3) is 4.01. The van der Waals surface area contributed by atoms with E-state index in [2.05, 4.69) is 22.7 Å². The van der Waals surface area contributed by atoms with Crippen molar-refractivity contribution in [3.8, 4) is 0 Å². The Morgan fingerprint density at radius 2 is 2.38 bits per heavy atom. The number of para-hydroxylation sites is 1. The minimum atomic E-state index is -0.888. The smallest absolute Gasteiger partial charge is 0.241 e. The second-order valence-electron chi connectivity index (χ2n) is 6.89. The first-order chi connectivity index (χ1) is 13.9. The van der Waals surface area contributed by atoms with E-state index in [0.717, 1.165) is 0 Å². The van der Waals surface area contributed by atoms with Crippen molar-refractivity contribution in [3.63, 3.8) is 0 Å². The Labute approximate surface area is 173 Å². The Morgan fingerprint density at radius 1 is 1.59 bits per heavy atom. The third-order valence-corrected chi connectivity index (χ3v) is 6.47. The molecule has 0 radical (unpaired) electrons. The summed E-state index contributed by atoms with van der Waals surface area (Å²) in [5.41, 5.74) is 9.46. The van der Waals surface area contributed by atoms with E-state index in [1.54, 1.807) is 12.1 Å². The summed E-state index contributed by atoms with van der Waals surface area (Å²) in [5.74, 6) is -1.12. The highest BCUT2D eigenvalue weighted by atomic mass is 32.2. The van der Waals surface area contributed by atoms with E-state index in [9.17, 15) is 13.6 Å². The number of hydrogen-bond donors (Lipinski definition) is 2. The average molecular weight is 419 g/mol. The van der Waals surface area contributed by atoms with Gasteiger partial charge in [0.15, 0.2) is 0 Å². The lowest BCUT2D eigenvalue weighted by Gasteiger charge is -2.46. The highest BCUT2D eigenvalue weighted by Gasteiger charge is 2.55. The quantitative estimate of drug-likeness (QED) is 0.535. The first kappa shape index (κ1) is 21.3. The molecular weight excluding hydrogens is 394 g/mol. The Bertz CT molecular complexity index is 910. The predicted octanol–water partition coefficient (Wildman–Crippen LogP) is 4.25. The number of thioether (sulfide) groups is 1. The number of carbonyl (C=O) groups excluding carboxylic acids is 1. The molecule has 29 heavy (non-hydrogen) atoms. The fourth-order valence-corrected chi connectivity index (χ4v) is 5.31. The van der Waals surface area contributed by atoms with Gasteiger partial charge < -0.3 is 11.1 Å². The molecule has 2 aliphatic rings. The first-order valence-corrected chi connectivity index (χ1v) is 10.3. The van der Waals surface area contributed by atoms with Gasteiger partial charge in [-0.1, -0.05) is 35.7 Å². The summed E-state index contributed by atoms with van der Waals surface area (Å²) in [4.78, 5) is 11.6. The molecule has 2 aliphatic heterocycles. The van der Waals surface area contributed by atoms with Crippen LogP contribution in [-0.4, -0.2) is 29.0 Å². The Kier molecular flexibility index (Phi) is 6.57. The number of nitrogens with zero attached hydrogens (tertiary/aromatic N) is 2. The van der Waals surface area contributed by atoms with Gasteiger partial charge in [0.25, 0.3) is 0 Å². The lowest BCUT2D eigenvalue weighted by atomic mass is 9.84. The number of hydrazone groups is 1. The predicted molar refractivity (Wildman–Crippen MR) is 113 cm³/mol. The Hall–Kier alpha value is -2.41. The molecule has 0 saturated carbocycles. The van der Waals surface area contributed by atoms with Gasteiger partial charge in [-0.15, -0.1) is 6.58 Å². The van der Waals surface area contributed by atoms with Gasteiger partial charge in [-0.05, 0) is 25.1 Å². The van der Waals surface area contributed by atoms with Crippen LogP contribution in [-0.2, 0) is 9.67 Å². The van der Waals surface area contributed by atoms with Gasteiger partial charge in [0.2, 0.25) is 5.91 Å². The first-order valence-electron chi connectivity index (χ1n) is 9.44. The molecule has 5 nitrogen and oxygen atoms in total. The molecule has 3 rings (SSSR count). The van der Waals surface area contributed by atoms with Crippen molar-refractivity contribution < 1.29 is 13.6 Å². The number of allylic oxidation sites excluding steroid dienone is 2. The second kappa shape index (κ2) is 8.95. The zero-order valence-corrected chi connectivity index (χ0v) is 17.1. The van der Waals surface area contributed by atoms with Gasteiger partial charge in [-0.25, -0.2) is 13.8 Å². The maximum Gasteiger partial charge on any atom is 0.241 e. The molecule has 0 fully saturated rings. The number of amides is 1. The zero-order valence-electron chi connectivity index (χ0n) is 16.3. The van der Waals surface area contributed by atoms with E-state index >= 15 is 0 Å². The van der Waals surface area contributed by atoms with Gasteiger partial charge in [-0.2, -0.15) is 5.10 Å². The molecule has 0 bridgehead atoms. The lowest BCUT2D eigenvalue weighted by molar-refractivity contribution is -0.133. The molecule has 2 unspecified atom stereocenters. The van der Waals surface area contributed by atoms with Crippen molar-refractivity contribution in [2.75, 3.05) is 18.4 Å². The van der Waals surface area contributed by atoms with Crippen LogP contribution in [0.1, 0.15) is 31.7 Å². The number of nitrogens with two attached hydrogens (primary N) is 1. The molecule has 0 aliphatic carbocycles. The number of hydrogen-bond acceptors (Lipinski definition) is 5. The zero-order chi connectivity index (χ0) is 21.0. The number of fused-ring (bicyclic) bond motifs is 2. The molecule has 1 amide bonds. The summed E-state index contributed by atoms with van der Waals surface area (Å²) >= 11 is 1.40. The standard InChI is InChI=1S/C21H24F2N4OS/c1-3-6-16(22)7-4-10-19-26-27(14(2)28)21(29-19)15(11-12-24)13-25-20-17(21)8-5-9-18(20)23/h3-5,8-9,15,25H,1,6,10-13,24H2,2H3. The van der Waals surface area contributed by atoms with E-state index in [4.69, 9.17) is 5.73 Å². The summed E-state index contributed by atoms with van der Waals surface area (Å²) < 4.78 is 28.1. The van der Waals surface area contributed by atoms with Crippen molar-refractivity contribution >= 4 is 28.4 Å².